The highest BCUT2D eigenvalue weighted by atomic mass is 32.1. The second-order valence-corrected chi connectivity index (χ2v) is 16.2. The molecule has 9 aromatic carbocycles. The Balaban J connectivity index is 1.04. The molecule has 0 unspecified atom stereocenters. The molecule has 0 aliphatic rings. The standard InChI is InChI=1S/C52H33NS2/c1-2-17-42-34(11-1)12-9-20-43(42)35-25-27-39(28-26-35)53(41-29-30-51-48(33-41)46-19-4-5-23-49(46)54-51)40-16-8-14-37(32-40)36-13-7-15-38(31-36)44-21-10-22-47-45-18-3-6-24-50(45)55-52(44)47/h1-33H. The summed E-state index contributed by atoms with van der Waals surface area (Å²) in [6.45, 7) is 0. The highest BCUT2D eigenvalue weighted by Crippen LogP contribution is 2.44. The van der Waals surface area contributed by atoms with Crippen LogP contribution in [0.3, 0.4) is 0 Å². The van der Waals surface area contributed by atoms with Gasteiger partial charge in [-0.3, -0.25) is 0 Å². The van der Waals surface area contributed by atoms with Crippen LogP contribution in [0, 0.1) is 0 Å². The highest BCUT2D eigenvalue weighted by molar-refractivity contribution is 7.26. The largest absolute Gasteiger partial charge is 0.310 e. The summed E-state index contributed by atoms with van der Waals surface area (Å²) in [7, 11) is 0. The molecule has 2 aromatic heterocycles. The average Bonchev–Trinajstić information content (AvgIpc) is 3.82. The molecular weight excluding hydrogens is 703 g/mol. The van der Waals surface area contributed by atoms with Gasteiger partial charge in [-0.05, 0) is 105 Å². The van der Waals surface area contributed by atoms with E-state index in [4.69, 9.17) is 0 Å². The first kappa shape index (κ1) is 32.0. The van der Waals surface area contributed by atoms with Crippen LogP contribution >= 0.6 is 22.7 Å². The Kier molecular flexibility index (Phi) is 7.61. The zero-order chi connectivity index (χ0) is 36.3. The van der Waals surface area contributed by atoms with Crippen LogP contribution in [-0.2, 0) is 0 Å². The van der Waals surface area contributed by atoms with Crippen molar-refractivity contribution >= 4 is 90.9 Å². The molecule has 0 saturated carbocycles. The smallest absolute Gasteiger partial charge is 0.0468 e. The molecule has 55 heavy (non-hydrogen) atoms. The molecule has 0 fully saturated rings. The van der Waals surface area contributed by atoms with E-state index < -0.39 is 0 Å². The molecular formula is C52H33NS2. The van der Waals surface area contributed by atoms with Crippen LogP contribution in [-0.4, -0.2) is 0 Å². The second-order valence-electron chi connectivity index (χ2n) is 14.1. The average molecular weight is 736 g/mol. The summed E-state index contributed by atoms with van der Waals surface area (Å²) in [5, 5.41) is 7.76. The van der Waals surface area contributed by atoms with Gasteiger partial charge >= 0.3 is 0 Å². The fourth-order valence-electron chi connectivity index (χ4n) is 8.23. The summed E-state index contributed by atoms with van der Waals surface area (Å²) in [4.78, 5) is 2.41. The normalized spacial score (nSPS) is 11.6. The lowest BCUT2D eigenvalue weighted by Crippen LogP contribution is -2.10. The molecule has 11 aromatic rings. The van der Waals surface area contributed by atoms with Crippen molar-refractivity contribution in [1.29, 1.82) is 0 Å². The van der Waals surface area contributed by atoms with Crippen molar-refractivity contribution in [2.24, 2.45) is 0 Å². The van der Waals surface area contributed by atoms with Crippen LogP contribution in [0.15, 0.2) is 200 Å². The molecule has 3 heteroatoms. The van der Waals surface area contributed by atoms with Crippen molar-refractivity contribution in [2.75, 3.05) is 4.90 Å². The maximum Gasteiger partial charge on any atom is 0.0468 e. The van der Waals surface area contributed by atoms with E-state index in [0.717, 1.165) is 17.1 Å². The van der Waals surface area contributed by atoms with Crippen molar-refractivity contribution in [3.63, 3.8) is 0 Å². The van der Waals surface area contributed by atoms with Crippen LogP contribution in [0.2, 0.25) is 0 Å². The Labute approximate surface area is 327 Å². The summed E-state index contributed by atoms with van der Waals surface area (Å²) < 4.78 is 5.28. The minimum Gasteiger partial charge on any atom is -0.310 e. The van der Waals surface area contributed by atoms with Gasteiger partial charge in [-0.25, -0.2) is 0 Å². The maximum absolute atomic E-state index is 2.41. The lowest BCUT2D eigenvalue weighted by atomic mass is 9.97. The van der Waals surface area contributed by atoms with Gasteiger partial charge in [0.1, 0.15) is 0 Å². The number of thiophene rings is 2. The third-order valence-corrected chi connectivity index (χ3v) is 13.2. The van der Waals surface area contributed by atoms with Crippen LogP contribution < -0.4 is 4.90 Å². The summed E-state index contributed by atoms with van der Waals surface area (Å²) in [6.07, 6.45) is 0. The number of nitrogens with zero attached hydrogens (tertiary/aromatic N) is 1. The lowest BCUT2D eigenvalue weighted by Gasteiger charge is -2.26. The Morgan fingerprint density at radius 3 is 1.71 bits per heavy atom. The van der Waals surface area contributed by atoms with Gasteiger partial charge in [0.15, 0.2) is 0 Å². The zero-order valence-corrected chi connectivity index (χ0v) is 31.4. The fourth-order valence-corrected chi connectivity index (χ4v) is 10.6. The molecule has 0 radical (unpaired) electrons. The SMILES string of the molecule is c1cc(-c2cccc(N(c3ccc(-c4cccc5ccccc45)cc3)c3ccc4sc5ccccc5c4c3)c2)cc(-c2cccc3c2sc2ccccc23)c1. The molecule has 1 nitrogen and oxygen atoms in total. The van der Waals surface area contributed by atoms with Crippen molar-refractivity contribution < 1.29 is 0 Å². The predicted molar refractivity (Wildman–Crippen MR) is 241 cm³/mol. The Hall–Kier alpha value is -6.52. The Morgan fingerprint density at radius 1 is 0.291 bits per heavy atom. The third-order valence-electron chi connectivity index (χ3n) is 10.9. The molecule has 0 aliphatic carbocycles. The van der Waals surface area contributed by atoms with E-state index in [1.54, 1.807) is 0 Å². The maximum atomic E-state index is 2.41. The minimum absolute atomic E-state index is 1.12. The summed E-state index contributed by atoms with van der Waals surface area (Å²) in [6, 6.07) is 73.4. The van der Waals surface area contributed by atoms with E-state index in [1.165, 1.54) is 84.5 Å². The number of anilines is 3. The first-order valence-corrected chi connectivity index (χ1v) is 20.3. The van der Waals surface area contributed by atoms with Crippen molar-refractivity contribution in [2.45, 2.75) is 0 Å². The molecule has 0 saturated heterocycles. The molecule has 0 atom stereocenters. The minimum atomic E-state index is 1.12. The molecule has 0 amide bonds. The van der Waals surface area contributed by atoms with Crippen molar-refractivity contribution in [3.05, 3.63) is 200 Å². The van der Waals surface area contributed by atoms with E-state index in [1.807, 2.05) is 22.7 Å². The van der Waals surface area contributed by atoms with Crippen LogP contribution in [0.1, 0.15) is 0 Å². The molecule has 2 heterocycles. The predicted octanol–water partition coefficient (Wildman–Crippen LogP) is 16.0. The first-order valence-electron chi connectivity index (χ1n) is 18.7. The number of hydrogen-bond acceptors (Lipinski definition) is 3. The fraction of sp³-hybridized carbons (Fsp3) is 0. The molecule has 0 spiro atoms. The first-order chi connectivity index (χ1) is 27.2. The number of fused-ring (bicyclic) bond motifs is 7. The molecule has 0 N–H and O–H groups in total. The second kappa shape index (κ2) is 13.1. The summed E-state index contributed by atoms with van der Waals surface area (Å²) in [5.41, 5.74) is 10.7. The molecule has 11 rings (SSSR count). The zero-order valence-electron chi connectivity index (χ0n) is 29.8. The van der Waals surface area contributed by atoms with E-state index in [-0.39, 0.29) is 0 Å². The van der Waals surface area contributed by atoms with Gasteiger partial charge in [-0.1, -0.05) is 140 Å². The molecule has 0 aliphatic heterocycles. The highest BCUT2D eigenvalue weighted by Gasteiger charge is 2.17. The van der Waals surface area contributed by atoms with Gasteiger partial charge in [0.05, 0.1) is 0 Å². The monoisotopic (exact) mass is 735 g/mol. The number of rotatable bonds is 6. The Bertz CT molecular complexity index is 3220. The lowest BCUT2D eigenvalue weighted by molar-refractivity contribution is 1.29. The van der Waals surface area contributed by atoms with Gasteiger partial charge in [0, 0.05) is 57.4 Å². The quantitative estimate of drug-likeness (QED) is 0.164. The van der Waals surface area contributed by atoms with Crippen LogP contribution in [0.5, 0.6) is 0 Å². The summed E-state index contributed by atoms with van der Waals surface area (Å²) in [5.74, 6) is 0. The van der Waals surface area contributed by atoms with E-state index >= 15 is 0 Å². The van der Waals surface area contributed by atoms with E-state index in [0.29, 0.717) is 0 Å². The van der Waals surface area contributed by atoms with E-state index in [2.05, 4.69) is 205 Å². The topological polar surface area (TPSA) is 3.24 Å². The summed E-state index contributed by atoms with van der Waals surface area (Å²) >= 11 is 3.74. The Morgan fingerprint density at radius 2 is 0.855 bits per heavy atom. The number of benzene rings is 9. The van der Waals surface area contributed by atoms with Crippen molar-refractivity contribution in [1.82, 2.24) is 0 Å². The van der Waals surface area contributed by atoms with Gasteiger partial charge in [0.2, 0.25) is 0 Å². The van der Waals surface area contributed by atoms with Gasteiger partial charge in [-0.2, -0.15) is 0 Å². The molecule has 258 valence electrons. The van der Waals surface area contributed by atoms with E-state index in [9.17, 15) is 0 Å². The third kappa shape index (κ3) is 5.51. The molecule has 0 bridgehead atoms. The van der Waals surface area contributed by atoms with Gasteiger partial charge < -0.3 is 4.90 Å². The van der Waals surface area contributed by atoms with Crippen LogP contribution in [0.25, 0.3) is 84.5 Å². The van der Waals surface area contributed by atoms with Gasteiger partial charge in [0.25, 0.3) is 0 Å². The number of hydrogen-bond donors (Lipinski definition) is 0. The van der Waals surface area contributed by atoms with Crippen LogP contribution in [0.4, 0.5) is 17.1 Å². The van der Waals surface area contributed by atoms with Gasteiger partial charge in [-0.15, -0.1) is 22.7 Å². The van der Waals surface area contributed by atoms with Crippen molar-refractivity contribution in [3.8, 4) is 33.4 Å².